The van der Waals surface area contributed by atoms with Crippen molar-refractivity contribution in [2.24, 2.45) is 5.92 Å². The average molecular weight is 578 g/mol. The van der Waals surface area contributed by atoms with Crippen molar-refractivity contribution in [2.45, 2.75) is 74.2 Å². The lowest BCUT2D eigenvalue weighted by Crippen LogP contribution is -2.77. The fourth-order valence-electron chi connectivity index (χ4n) is 8.07. The van der Waals surface area contributed by atoms with E-state index in [1.54, 1.807) is 6.07 Å². The van der Waals surface area contributed by atoms with E-state index in [1.165, 1.54) is 24.8 Å². The van der Waals surface area contributed by atoms with Crippen LogP contribution < -0.4 is 4.74 Å². The number of phenols is 1. The van der Waals surface area contributed by atoms with Gasteiger partial charge in [0.05, 0.1) is 83.2 Å². The summed E-state index contributed by atoms with van der Waals surface area (Å²) in [5.74, 6) is 1.47. The smallest absolute Gasteiger partial charge is 0.165 e. The van der Waals surface area contributed by atoms with Gasteiger partial charge in [-0.05, 0) is 62.6 Å². The van der Waals surface area contributed by atoms with Crippen LogP contribution in [-0.2, 0) is 35.5 Å². The molecule has 3 N–H and O–H groups in total. The van der Waals surface area contributed by atoms with Crippen molar-refractivity contribution in [3.05, 3.63) is 23.3 Å². The fraction of sp³-hybridized carbons (Fsp3) is 0.806. The molecule has 5 atom stereocenters. The van der Waals surface area contributed by atoms with Gasteiger partial charge in [-0.2, -0.15) is 0 Å². The van der Waals surface area contributed by atoms with Crippen LogP contribution in [0.1, 0.15) is 49.7 Å². The SMILES string of the molecule is OCCOCCOCCOCCOCCOC1CC[C@@]2(O)C3Cc4ccc(O)c5c4[C@@]2(CCN3CC2CCC2)[C@H]1O5. The lowest BCUT2D eigenvalue weighted by Gasteiger charge is -2.64. The number of likely N-dealkylation sites (tertiary alicyclic amines) is 1. The van der Waals surface area contributed by atoms with Crippen LogP contribution in [0.3, 0.4) is 0 Å². The minimum Gasteiger partial charge on any atom is -0.504 e. The Morgan fingerprint density at radius 1 is 0.878 bits per heavy atom. The van der Waals surface area contributed by atoms with E-state index in [2.05, 4.69) is 4.90 Å². The van der Waals surface area contributed by atoms with Crippen LogP contribution in [0.15, 0.2) is 12.1 Å². The summed E-state index contributed by atoms with van der Waals surface area (Å²) in [5.41, 5.74) is 0.793. The summed E-state index contributed by atoms with van der Waals surface area (Å²) in [6, 6.07) is 3.87. The Morgan fingerprint density at radius 2 is 1.56 bits per heavy atom. The molecule has 6 rings (SSSR count). The topological polar surface area (TPSA) is 119 Å². The molecule has 5 aliphatic rings. The van der Waals surface area contributed by atoms with E-state index in [-0.39, 0.29) is 30.6 Å². The highest BCUT2D eigenvalue weighted by Gasteiger charge is 2.73. The molecule has 10 nitrogen and oxygen atoms in total. The molecule has 2 heterocycles. The van der Waals surface area contributed by atoms with Gasteiger partial charge >= 0.3 is 0 Å². The molecule has 230 valence electrons. The summed E-state index contributed by atoms with van der Waals surface area (Å²) in [6.45, 7) is 6.11. The van der Waals surface area contributed by atoms with Crippen molar-refractivity contribution in [1.82, 2.24) is 4.90 Å². The largest absolute Gasteiger partial charge is 0.504 e. The number of phenolic OH excluding ortho intramolecular Hbond substituents is 1. The molecule has 3 aliphatic carbocycles. The van der Waals surface area contributed by atoms with Crippen LogP contribution in [0, 0.1) is 5.92 Å². The summed E-state index contributed by atoms with van der Waals surface area (Å²) in [5, 5.41) is 32.0. The lowest BCUT2D eigenvalue weighted by atomic mass is 9.48. The average Bonchev–Trinajstić information content (AvgIpc) is 3.30. The minimum absolute atomic E-state index is 0.0204. The highest BCUT2D eigenvalue weighted by atomic mass is 16.6. The zero-order chi connectivity index (χ0) is 28.3. The summed E-state index contributed by atoms with van der Waals surface area (Å²) < 4.78 is 34.8. The number of aliphatic hydroxyl groups is 2. The maximum atomic E-state index is 12.6. The van der Waals surface area contributed by atoms with E-state index < -0.39 is 11.0 Å². The zero-order valence-electron chi connectivity index (χ0n) is 24.1. The van der Waals surface area contributed by atoms with Gasteiger partial charge in [0.1, 0.15) is 6.10 Å². The Kier molecular flexibility index (Phi) is 9.38. The maximum absolute atomic E-state index is 12.6. The molecular formula is C31H47NO9. The number of ether oxygens (including phenoxy) is 6. The zero-order valence-corrected chi connectivity index (χ0v) is 24.1. The first-order chi connectivity index (χ1) is 20.1. The second-order valence-electron chi connectivity index (χ2n) is 12.3. The molecule has 2 aliphatic heterocycles. The van der Waals surface area contributed by atoms with Gasteiger partial charge in [-0.3, -0.25) is 4.90 Å². The molecule has 2 saturated carbocycles. The van der Waals surface area contributed by atoms with Crippen LogP contribution >= 0.6 is 0 Å². The van der Waals surface area contributed by atoms with Crippen molar-refractivity contribution in [3.63, 3.8) is 0 Å². The third-order valence-electron chi connectivity index (χ3n) is 10.1. The first-order valence-corrected chi connectivity index (χ1v) is 15.6. The highest BCUT2D eigenvalue weighted by Crippen LogP contribution is 2.65. The molecule has 0 amide bonds. The van der Waals surface area contributed by atoms with Gasteiger partial charge < -0.3 is 43.7 Å². The molecule has 2 bridgehead atoms. The quantitative estimate of drug-likeness (QED) is 0.237. The van der Waals surface area contributed by atoms with Crippen molar-refractivity contribution in [1.29, 1.82) is 0 Å². The monoisotopic (exact) mass is 577 g/mol. The van der Waals surface area contributed by atoms with Gasteiger partial charge in [-0.15, -0.1) is 0 Å². The van der Waals surface area contributed by atoms with E-state index >= 15 is 0 Å². The number of hydrogen-bond acceptors (Lipinski definition) is 10. The molecule has 1 spiro atoms. The van der Waals surface area contributed by atoms with Crippen molar-refractivity contribution >= 4 is 0 Å². The molecular weight excluding hydrogens is 530 g/mol. The Morgan fingerprint density at radius 3 is 2.22 bits per heavy atom. The van der Waals surface area contributed by atoms with Gasteiger partial charge in [-0.1, -0.05) is 12.5 Å². The molecule has 3 fully saturated rings. The summed E-state index contributed by atoms with van der Waals surface area (Å²) in [4.78, 5) is 2.57. The number of aromatic hydroxyl groups is 1. The second kappa shape index (κ2) is 13.0. The van der Waals surface area contributed by atoms with Crippen LogP contribution in [-0.4, -0.2) is 123 Å². The van der Waals surface area contributed by atoms with E-state index in [4.69, 9.17) is 33.5 Å². The van der Waals surface area contributed by atoms with Crippen LogP contribution in [0.25, 0.3) is 0 Å². The van der Waals surface area contributed by atoms with E-state index in [9.17, 15) is 10.2 Å². The van der Waals surface area contributed by atoms with Crippen molar-refractivity contribution in [2.75, 3.05) is 79.2 Å². The molecule has 41 heavy (non-hydrogen) atoms. The first kappa shape index (κ1) is 29.6. The number of nitrogens with zero attached hydrogens (tertiary/aromatic N) is 1. The van der Waals surface area contributed by atoms with Crippen molar-refractivity contribution < 1.29 is 43.7 Å². The highest BCUT2D eigenvalue weighted by molar-refractivity contribution is 5.62. The van der Waals surface area contributed by atoms with Gasteiger partial charge in [-0.25, -0.2) is 0 Å². The Bertz CT molecular complexity index is 1020. The van der Waals surface area contributed by atoms with Gasteiger partial charge in [0.15, 0.2) is 11.5 Å². The van der Waals surface area contributed by atoms with Gasteiger partial charge in [0.2, 0.25) is 0 Å². The number of benzene rings is 1. The molecule has 0 radical (unpaired) electrons. The number of aliphatic hydroxyl groups excluding tert-OH is 1. The summed E-state index contributed by atoms with van der Waals surface area (Å²) >= 11 is 0. The van der Waals surface area contributed by atoms with Crippen LogP contribution in [0.4, 0.5) is 0 Å². The fourth-order valence-corrected chi connectivity index (χ4v) is 8.07. The lowest BCUT2D eigenvalue weighted by molar-refractivity contribution is -0.218. The molecule has 1 aromatic carbocycles. The Labute approximate surface area is 242 Å². The predicted octanol–water partition coefficient (Wildman–Crippen LogP) is 1.79. The standard InChI is InChI=1S/C31H47NO9/c33-10-11-36-12-13-37-14-15-38-16-17-39-18-19-40-25-6-7-31(35)26-20-23-4-5-24(34)28-27(23)30(31,29(25)41-28)8-9-32(26)21-22-2-1-3-22/h4-5,22,25-26,29,33-35H,1-3,6-21H2/t25?,26?,29-,30-,31+/m0/s1. The second-order valence-corrected chi connectivity index (χ2v) is 12.3. The maximum Gasteiger partial charge on any atom is 0.165 e. The normalized spacial score (nSPS) is 32.0. The summed E-state index contributed by atoms with van der Waals surface area (Å²) in [7, 11) is 0. The summed E-state index contributed by atoms with van der Waals surface area (Å²) in [6.07, 6.45) is 6.43. The number of piperidine rings is 1. The Balaban J connectivity index is 1.00. The van der Waals surface area contributed by atoms with Crippen LogP contribution in [0.5, 0.6) is 11.5 Å². The van der Waals surface area contributed by atoms with Crippen molar-refractivity contribution in [3.8, 4) is 11.5 Å². The molecule has 1 saturated heterocycles. The number of rotatable bonds is 17. The van der Waals surface area contributed by atoms with Crippen LogP contribution in [0.2, 0.25) is 0 Å². The molecule has 10 heteroatoms. The van der Waals surface area contributed by atoms with Gasteiger partial charge in [0.25, 0.3) is 0 Å². The number of hydrogen-bond donors (Lipinski definition) is 3. The molecule has 1 aromatic rings. The van der Waals surface area contributed by atoms with Gasteiger partial charge in [0, 0.05) is 18.2 Å². The van der Waals surface area contributed by atoms with E-state index in [0.29, 0.717) is 71.6 Å². The molecule has 2 unspecified atom stereocenters. The third-order valence-corrected chi connectivity index (χ3v) is 10.1. The van der Waals surface area contributed by atoms with E-state index in [1.807, 2.05) is 6.07 Å². The minimum atomic E-state index is -0.893. The molecule has 0 aromatic heterocycles. The first-order valence-electron chi connectivity index (χ1n) is 15.6. The third kappa shape index (κ3) is 5.51. The Hall–Kier alpha value is -1.50. The predicted molar refractivity (Wildman–Crippen MR) is 150 cm³/mol. The van der Waals surface area contributed by atoms with E-state index in [0.717, 1.165) is 43.8 Å².